The molecule has 1 heterocycles. The zero-order chi connectivity index (χ0) is 12.0. The SMILES string of the molecule is CC(C)CSCC(Cc1ccn(C)n1)NN. The fourth-order valence-electron chi connectivity index (χ4n) is 1.44. The second-order valence-electron chi connectivity index (χ2n) is 4.48. The van der Waals surface area contributed by atoms with Crippen LogP contribution >= 0.6 is 11.8 Å². The van der Waals surface area contributed by atoms with Crippen LogP contribution in [0.1, 0.15) is 19.5 Å². The van der Waals surface area contributed by atoms with Gasteiger partial charge < -0.3 is 0 Å². The van der Waals surface area contributed by atoms with Crippen LogP contribution in [0, 0.1) is 5.92 Å². The van der Waals surface area contributed by atoms with E-state index >= 15 is 0 Å². The maximum Gasteiger partial charge on any atom is 0.0640 e. The van der Waals surface area contributed by atoms with Gasteiger partial charge in [-0.2, -0.15) is 16.9 Å². The highest BCUT2D eigenvalue weighted by Gasteiger charge is 2.10. The minimum Gasteiger partial charge on any atom is -0.276 e. The molecule has 0 spiro atoms. The molecular weight excluding hydrogens is 220 g/mol. The molecule has 0 aliphatic heterocycles. The Labute approximate surface area is 102 Å². The molecule has 4 nitrogen and oxygen atoms in total. The van der Waals surface area contributed by atoms with E-state index in [2.05, 4.69) is 24.4 Å². The van der Waals surface area contributed by atoms with Crippen molar-refractivity contribution < 1.29 is 0 Å². The maximum atomic E-state index is 5.55. The minimum absolute atomic E-state index is 0.304. The number of rotatable bonds is 7. The number of thioether (sulfide) groups is 1. The molecule has 92 valence electrons. The summed E-state index contributed by atoms with van der Waals surface area (Å²) in [6.07, 6.45) is 2.85. The zero-order valence-corrected chi connectivity index (χ0v) is 11.1. The molecule has 0 aliphatic carbocycles. The third-order valence-electron chi connectivity index (χ3n) is 2.23. The van der Waals surface area contributed by atoms with Crippen molar-refractivity contribution in [2.75, 3.05) is 11.5 Å². The van der Waals surface area contributed by atoms with Gasteiger partial charge in [0, 0.05) is 31.5 Å². The van der Waals surface area contributed by atoms with Gasteiger partial charge in [0.25, 0.3) is 0 Å². The number of nitrogens with one attached hydrogen (secondary N) is 1. The van der Waals surface area contributed by atoms with Crippen molar-refractivity contribution in [2.45, 2.75) is 26.3 Å². The van der Waals surface area contributed by atoms with E-state index in [1.165, 1.54) is 5.75 Å². The second kappa shape index (κ2) is 6.93. The molecule has 0 amide bonds. The molecule has 0 fully saturated rings. The third kappa shape index (κ3) is 5.01. The van der Waals surface area contributed by atoms with Gasteiger partial charge in [-0.05, 0) is 17.7 Å². The van der Waals surface area contributed by atoms with Crippen LogP contribution in [0.3, 0.4) is 0 Å². The zero-order valence-electron chi connectivity index (χ0n) is 10.3. The summed E-state index contributed by atoms with van der Waals surface area (Å²) in [5, 5.41) is 4.35. The van der Waals surface area contributed by atoms with E-state index in [0.717, 1.165) is 23.8 Å². The number of hydrazine groups is 1. The van der Waals surface area contributed by atoms with Gasteiger partial charge in [-0.25, -0.2) is 0 Å². The first-order valence-corrected chi connectivity index (χ1v) is 6.79. The number of aryl methyl sites for hydroxylation is 1. The molecule has 5 heteroatoms. The van der Waals surface area contributed by atoms with Gasteiger partial charge in [-0.15, -0.1) is 0 Å². The van der Waals surface area contributed by atoms with Crippen molar-refractivity contribution in [3.63, 3.8) is 0 Å². The van der Waals surface area contributed by atoms with Crippen LogP contribution in [0.4, 0.5) is 0 Å². The minimum atomic E-state index is 0.304. The van der Waals surface area contributed by atoms with E-state index in [0.29, 0.717) is 6.04 Å². The Hall–Kier alpha value is -0.520. The Morgan fingerprint density at radius 3 is 2.75 bits per heavy atom. The summed E-state index contributed by atoms with van der Waals surface area (Å²) in [4.78, 5) is 0. The van der Waals surface area contributed by atoms with E-state index < -0.39 is 0 Å². The first kappa shape index (κ1) is 13.5. The molecule has 1 unspecified atom stereocenters. The smallest absolute Gasteiger partial charge is 0.0640 e. The Balaban J connectivity index is 2.31. The van der Waals surface area contributed by atoms with Crippen molar-refractivity contribution in [1.82, 2.24) is 15.2 Å². The standard InChI is InChI=1S/C11H22N4S/c1-9(2)7-16-8-11(13-12)6-10-4-5-15(3)14-10/h4-5,9,11,13H,6-8,12H2,1-3H3. The molecule has 1 aromatic heterocycles. The second-order valence-corrected chi connectivity index (χ2v) is 5.55. The molecule has 0 aliphatic rings. The third-order valence-corrected chi connectivity index (χ3v) is 3.77. The molecule has 1 rings (SSSR count). The van der Waals surface area contributed by atoms with Gasteiger partial charge in [-0.3, -0.25) is 16.0 Å². The average molecular weight is 242 g/mol. The molecule has 0 radical (unpaired) electrons. The molecule has 3 N–H and O–H groups in total. The van der Waals surface area contributed by atoms with Crippen LogP contribution in [0.5, 0.6) is 0 Å². The Morgan fingerprint density at radius 1 is 1.50 bits per heavy atom. The molecular formula is C11H22N4S. The largest absolute Gasteiger partial charge is 0.276 e. The lowest BCUT2D eigenvalue weighted by molar-refractivity contribution is 0.563. The van der Waals surface area contributed by atoms with E-state index in [9.17, 15) is 0 Å². The van der Waals surface area contributed by atoms with Crippen LogP contribution in [0.25, 0.3) is 0 Å². The summed E-state index contributed by atoms with van der Waals surface area (Å²) >= 11 is 1.94. The highest BCUT2D eigenvalue weighted by Crippen LogP contribution is 2.11. The number of aromatic nitrogens is 2. The molecule has 0 saturated carbocycles. The first-order chi connectivity index (χ1) is 7.61. The molecule has 0 aromatic carbocycles. The lowest BCUT2D eigenvalue weighted by Gasteiger charge is -2.14. The summed E-state index contributed by atoms with van der Waals surface area (Å²) in [5.74, 6) is 8.49. The van der Waals surface area contributed by atoms with Crippen molar-refractivity contribution >= 4 is 11.8 Å². The van der Waals surface area contributed by atoms with Crippen LogP contribution in [0.15, 0.2) is 12.3 Å². The maximum absolute atomic E-state index is 5.55. The fraction of sp³-hybridized carbons (Fsp3) is 0.727. The molecule has 0 saturated heterocycles. The summed E-state index contributed by atoms with van der Waals surface area (Å²) in [6.45, 7) is 4.47. The molecule has 16 heavy (non-hydrogen) atoms. The fourth-order valence-corrected chi connectivity index (χ4v) is 2.54. The van der Waals surface area contributed by atoms with E-state index in [1.807, 2.05) is 35.8 Å². The summed E-state index contributed by atoms with van der Waals surface area (Å²) in [5.41, 5.74) is 3.96. The molecule has 0 bridgehead atoms. The van der Waals surface area contributed by atoms with E-state index in [1.54, 1.807) is 0 Å². The van der Waals surface area contributed by atoms with Crippen LogP contribution < -0.4 is 11.3 Å². The van der Waals surface area contributed by atoms with Gasteiger partial charge in [-0.1, -0.05) is 13.8 Å². The monoisotopic (exact) mass is 242 g/mol. The van der Waals surface area contributed by atoms with Gasteiger partial charge >= 0.3 is 0 Å². The van der Waals surface area contributed by atoms with E-state index in [4.69, 9.17) is 5.84 Å². The predicted molar refractivity (Wildman–Crippen MR) is 70.2 cm³/mol. The Bertz CT molecular complexity index is 298. The van der Waals surface area contributed by atoms with Crippen molar-refractivity contribution in [1.29, 1.82) is 0 Å². The number of hydrogen-bond acceptors (Lipinski definition) is 4. The van der Waals surface area contributed by atoms with Crippen molar-refractivity contribution in [3.05, 3.63) is 18.0 Å². The van der Waals surface area contributed by atoms with Crippen molar-refractivity contribution in [2.24, 2.45) is 18.8 Å². The van der Waals surface area contributed by atoms with Gasteiger partial charge in [0.1, 0.15) is 0 Å². The summed E-state index contributed by atoms with van der Waals surface area (Å²) in [6, 6.07) is 2.34. The number of nitrogens with zero attached hydrogens (tertiary/aromatic N) is 2. The van der Waals surface area contributed by atoms with Gasteiger partial charge in [0.2, 0.25) is 0 Å². The van der Waals surface area contributed by atoms with Gasteiger partial charge in [0.05, 0.1) is 5.69 Å². The summed E-state index contributed by atoms with van der Waals surface area (Å²) < 4.78 is 1.82. The van der Waals surface area contributed by atoms with Crippen LogP contribution in [-0.2, 0) is 13.5 Å². The normalized spacial score (nSPS) is 13.3. The highest BCUT2D eigenvalue weighted by molar-refractivity contribution is 7.99. The lowest BCUT2D eigenvalue weighted by atomic mass is 10.2. The topological polar surface area (TPSA) is 55.9 Å². The van der Waals surface area contributed by atoms with Crippen LogP contribution in [0.2, 0.25) is 0 Å². The average Bonchev–Trinajstić information content (AvgIpc) is 2.62. The Kier molecular flexibility index (Phi) is 5.87. The van der Waals surface area contributed by atoms with Crippen LogP contribution in [-0.4, -0.2) is 27.3 Å². The van der Waals surface area contributed by atoms with Crippen molar-refractivity contribution in [3.8, 4) is 0 Å². The molecule has 1 aromatic rings. The van der Waals surface area contributed by atoms with Gasteiger partial charge in [0.15, 0.2) is 0 Å². The highest BCUT2D eigenvalue weighted by atomic mass is 32.2. The quantitative estimate of drug-likeness (QED) is 0.557. The lowest BCUT2D eigenvalue weighted by Crippen LogP contribution is -2.39. The number of hydrogen-bond donors (Lipinski definition) is 2. The summed E-state index contributed by atoms with van der Waals surface area (Å²) in [7, 11) is 1.93. The predicted octanol–water partition coefficient (Wildman–Crippen LogP) is 1.18. The first-order valence-electron chi connectivity index (χ1n) is 5.64. The number of nitrogens with two attached hydrogens (primary N) is 1. The van der Waals surface area contributed by atoms with E-state index in [-0.39, 0.29) is 0 Å². The molecule has 1 atom stereocenters. The Morgan fingerprint density at radius 2 is 2.25 bits per heavy atom.